The first-order valence-corrected chi connectivity index (χ1v) is 8.45. The molecule has 2 rings (SSSR count). The quantitative estimate of drug-likeness (QED) is 0.670. The molecule has 0 atom stereocenters. The standard InChI is InChI=1S/C17H25N5O2/c1-3-22(4-2)12-6-11-19-15(23)8-9-16-20-17(21-24-16)14-7-5-10-18-13-14/h5,7,10,13H,3-4,6,8-9,11-12H2,1-2H3,(H,19,23). The van der Waals surface area contributed by atoms with Crippen molar-refractivity contribution >= 4 is 5.91 Å². The van der Waals surface area contributed by atoms with Crippen LogP contribution in [0.15, 0.2) is 29.0 Å². The summed E-state index contributed by atoms with van der Waals surface area (Å²) in [4.78, 5) is 22.5. The lowest BCUT2D eigenvalue weighted by atomic mass is 10.2. The molecule has 7 nitrogen and oxygen atoms in total. The summed E-state index contributed by atoms with van der Waals surface area (Å²) in [6, 6.07) is 3.68. The molecule has 0 radical (unpaired) electrons. The molecule has 7 heteroatoms. The summed E-state index contributed by atoms with van der Waals surface area (Å²) < 4.78 is 5.18. The Bertz CT molecular complexity index is 610. The molecule has 1 N–H and O–H groups in total. The number of carbonyl (C=O) groups excluding carboxylic acids is 1. The van der Waals surface area contributed by atoms with Gasteiger partial charge in [-0.3, -0.25) is 9.78 Å². The van der Waals surface area contributed by atoms with E-state index >= 15 is 0 Å². The zero-order valence-corrected chi connectivity index (χ0v) is 14.4. The lowest BCUT2D eigenvalue weighted by Crippen LogP contribution is -2.30. The van der Waals surface area contributed by atoms with Crippen molar-refractivity contribution in [2.75, 3.05) is 26.2 Å². The minimum Gasteiger partial charge on any atom is -0.356 e. The average Bonchev–Trinajstić information content (AvgIpc) is 3.10. The van der Waals surface area contributed by atoms with Crippen LogP contribution in [0.4, 0.5) is 0 Å². The Morgan fingerprint density at radius 1 is 1.33 bits per heavy atom. The van der Waals surface area contributed by atoms with E-state index in [4.69, 9.17) is 4.52 Å². The summed E-state index contributed by atoms with van der Waals surface area (Å²) in [5, 5.41) is 6.84. The van der Waals surface area contributed by atoms with E-state index in [0.29, 0.717) is 31.1 Å². The molecule has 0 bridgehead atoms. The minimum absolute atomic E-state index is 0.00988. The smallest absolute Gasteiger partial charge is 0.227 e. The Labute approximate surface area is 142 Å². The second kappa shape index (κ2) is 9.77. The van der Waals surface area contributed by atoms with Crippen molar-refractivity contribution in [3.63, 3.8) is 0 Å². The largest absolute Gasteiger partial charge is 0.356 e. The first-order chi connectivity index (χ1) is 11.7. The summed E-state index contributed by atoms with van der Waals surface area (Å²) in [6.07, 6.45) is 5.11. The van der Waals surface area contributed by atoms with E-state index in [1.165, 1.54) is 0 Å². The molecule has 2 aromatic rings. The van der Waals surface area contributed by atoms with Crippen molar-refractivity contribution in [3.05, 3.63) is 30.4 Å². The maximum Gasteiger partial charge on any atom is 0.227 e. The molecule has 2 heterocycles. The maximum atomic E-state index is 11.9. The van der Waals surface area contributed by atoms with Gasteiger partial charge in [-0.15, -0.1) is 0 Å². The highest BCUT2D eigenvalue weighted by molar-refractivity contribution is 5.75. The summed E-state index contributed by atoms with van der Waals surface area (Å²) in [6.45, 7) is 8.08. The highest BCUT2D eigenvalue weighted by Gasteiger charge is 2.10. The van der Waals surface area contributed by atoms with Crippen LogP contribution in [-0.4, -0.2) is 52.1 Å². The third-order valence-corrected chi connectivity index (χ3v) is 3.82. The zero-order valence-electron chi connectivity index (χ0n) is 14.4. The topological polar surface area (TPSA) is 84.2 Å². The van der Waals surface area contributed by atoms with Crippen LogP contribution >= 0.6 is 0 Å². The van der Waals surface area contributed by atoms with Crippen LogP contribution in [0.25, 0.3) is 11.4 Å². The first kappa shape index (κ1) is 18.1. The van der Waals surface area contributed by atoms with Gasteiger partial charge >= 0.3 is 0 Å². The molecule has 0 saturated carbocycles. The third-order valence-electron chi connectivity index (χ3n) is 3.82. The number of aromatic nitrogens is 3. The molecule has 130 valence electrons. The highest BCUT2D eigenvalue weighted by Crippen LogP contribution is 2.14. The van der Waals surface area contributed by atoms with Gasteiger partial charge in [0.05, 0.1) is 0 Å². The molecular formula is C17H25N5O2. The highest BCUT2D eigenvalue weighted by atomic mass is 16.5. The van der Waals surface area contributed by atoms with Crippen molar-refractivity contribution in [3.8, 4) is 11.4 Å². The van der Waals surface area contributed by atoms with Crippen molar-refractivity contribution in [1.29, 1.82) is 0 Å². The van der Waals surface area contributed by atoms with Crippen LogP contribution < -0.4 is 5.32 Å². The van der Waals surface area contributed by atoms with Crippen LogP contribution in [0.2, 0.25) is 0 Å². The zero-order chi connectivity index (χ0) is 17.2. The van der Waals surface area contributed by atoms with Crippen LogP contribution in [-0.2, 0) is 11.2 Å². The molecule has 24 heavy (non-hydrogen) atoms. The van der Waals surface area contributed by atoms with E-state index in [1.807, 2.05) is 12.1 Å². The fourth-order valence-electron chi connectivity index (χ4n) is 2.35. The molecule has 0 aliphatic rings. The van der Waals surface area contributed by atoms with Crippen LogP contribution in [0.5, 0.6) is 0 Å². The monoisotopic (exact) mass is 331 g/mol. The molecule has 0 aliphatic heterocycles. The average molecular weight is 331 g/mol. The second-order valence-electron chi connectivity index (χ2n) is 5.48. The molecular weight excluding hydrogens is 306 g/mol. The molecule has 0 saturated heterocycles. The third kappa shape index (κ3) is 5.73. The van der Waals surface area contributed by atoms with Gasteiger partial charge < -0.3 is 14.7 Å². The number of nitrogens with one attached hydrogen (secondary N) is 1. The van der Waals surface area contributed by atoms with E-state index in [2.05, 4.69) is 39.2 Å². The van der Waals surface area contributed by atoms with Gasteiger partial charge in [-0.2, -0.15) is 4.98 Å². The lowest BCUT2D eigenvalue weighted by molar-refractivity contribution is -0.121. The van der Waals surface area contributed by atoms with E-state index in [-0.39, 0.29) is 5.91 Å². The van der Waals surface area contributed by atoms with E-state index < -0.39 is 0 Å². The molecule has 2 aromatic heterocycles. The van der Waals surface area contributed by atoms with Gasteiger partial charge in [0.15, 0.2) is 0 Å². The van der Waals surface area contributed by atoms with Crippen molar-refractivity contribution in [2.24, 2.45) is 0 Å². The van der Waals surface area contributed by atoms with Crippen molar-refractivity contribution < 1.29 is 9.32 Å². The summed E-state index contributed by atoms with van der Waals surface area (Å²) in [7, 11) is 0. The molecule has 0 unspecified atom stereocenters. The number of aryl methyl sites for hydroxylation is 1. The number of nitrogens with zero attached hydrogens (tertiary/aromatic N) is 4. The van der Waals surface area contributed by atoms with Crippen LogP contribution in [0.3, 0.4) is 0 Å². The maximum absolute atomic E-state index is 11.9. The van der Waals surface area contributed by atoms with Gasteiger partial charge in [0.2, 0.25) is 17.6 Å². The number of hydrogen-bond acceptors (Lipinski definition) is 6. The Morgan fingerprint density at radius 2 is 2.17 bits per heavy atom. The number of carbonyl (C=O) groups is 1. The number of amides is 1. The molecule has 0 aliphatic carbocycles. The van der Waals surface area contributed by atoms with E-state index in [0.717, 1.165) is 31.6 Å². The van der Waals surface area contributed by atoms with E-state index in [9.17, 15) is 4.79 Å². The van der Waals surface area contributed by atoms with Gasteiger partial charge in [0, 0.05) is 37.3 Å². The van der Waals surface area contributed by atoms with Gasteiger partial charge in [0.1, 0.15) is 0 Å². The Morgan fingerprint density at radius 3 is 2.88 bits per heavy atom. The fourth-order valence-corrected chi connectivity index (χ4v) is 2.35. The number of pyridine rings is 1. The van der Waals surface area contributed by atoms with E-state index in [1.54, 1.807) is 12.4 Å². The minimum atomic E-state index is 0.00988. The summed E-state index contributed by atoms with van der Waals surface area (Å²) >= 11 is 0. The predicted octanol–water partition coefficient (Wildman–Crippen LogP) is 1.91. The Kier molecular flexibility index (Phi) is 7.35. The normalized spacial score (nSPS) is 11.0. The lowest BCUT2D eigenvalue weighted by Gasteiger charge is -2.17. The summed E-state index contributed by atoms with van der Waals surface area (Å²) in [5.41, 5.74) is 0.799. The molecule has 0 aromatic carbocycles. The molecule has 0 fully saturated rings. The fraction of sp³-hybridized carbons (Fsp3) is 0.529. The number of rotatable bonds is 10. The van der Waals surface area contributed by atoms with Crippen molar-refractivity contribution in [2.45, 2.75) is 33.1 Å². The van der Waals surface area contributed by atoms with Crippen LogP contribution in [0, 0.1) is 0 Å². The van der Waals surface area contributed by atoms with Crippen molar-refractivity contribution in [1.82, 2.24) is 25.3 Å². The Hall–Kier alpha value is -2.28. The SMILES string of the molecule is CCN(CC)CCCNC(=O)CCc1nc(-c2cccnc2)no1. The Balaban J connectivity index is 1.68. The molecule has 0 spiro atoms. The number of hydrogen-bond donors (Lipinski definition) is 1. The summed E-state index contributed by atoms with van der Waals surface area (Å²) in [5.74, 6) is 0.973. The van der Waals surface area contributed by atoms with Gasteiger partial charge in [0.25, 0.3) is 0 Å². The molecule has 1 amide bonds. The predicted molar refractivity (Wildman–Crippen MR) is 91.3 cm³/mol. The van der Waals surface area contributed by atoms with Gasteiger partial charge in [-0.25, -0.2) is 0 Å². The van der Waals surface area contributed by atoms with Gasteiger partial charge in [-0.1, -0.05) is 19.0 Å². The first-order valence-electron chi connectivity index (χ1n) is 8.45. The van der Waals surface area contributed by atoms with Gasteiger partial charge in [-0.05, 0) is 38.2 Å². The second-order valence-corrected chi connectivity index (χ2v) is 5.48. The van der Waals surface area contributed by atoms with Crippen LogP contribution in [0.1, 0.15) is 32.6 Å².